The van der Waals surface area contributed by atoms with E-state index in [2.05, 4.69) is 10.6 Å². The molecular formula is C20H24N4O4. The SMILES string of the molecule is CCc1ccccc1NC(=O)CN(C)CC(=O)Nc1ccc([N+](=O)[O-])cc1C. The van der Waals surface area contributed by atoms with Crippen LogP contribution in [0.2, 0.25) is 0 Å². The molecule has 0 bridgehead atoms. The maximum Gasteiger partial charge on any atom is 0.269 e. The Kier molecular flexibility index (Phi) is 7.22. The smallest absolute Gasteiger partial charge is 0.269 e. The molecule has 0 fully saturated rings. The molecule has 0 atom stereocenters. The molecule has 0 aromatic heterocycles. The second kappa shape index (κ2) is 9.61. The van der Waals surface area contributed by atoms with Crippen molar-refractivity contribution in [3.05, 3.63) is 63.7 Å². The van der Waals surface area contributed by atoms with Gasteiger partial charge < -0.3 is 10.6 Å². The lowest BCUT2D eigenvalue weighted by Crippen LogP contribution is -2.36. The Balaban J connectivity index is 1.88. The fraction of sp³-hybridized carbons (Fsp3) is 0.300. The lowest BCUT2D eigenvalue weighted by atomic mass is 10.1. The van der Waals surface area contributed by atoms with Gasteiger partial charge in [0, 0.05) is 23.5 Å². The van der Waals surface area contributed by atoms with Crippen LogP contribution in [-0.4, -0.2) is 41.8 Å². The molecule has 0 radical (unpaired) electrons. The minimum Gasteiger partial charge on any atom is -0.325 e. The van der Waals surface area contributed by atoms with Crippen molar-refractivity contribution in [2.24, 2.45) is 0 Å². The Morgan fingerprint density at radius 1 is 1.04 bits per heavy atom. The van der Waals surface area contributed by atoms with Gasteiger partial charge in [0.15, 0.2) is 0 Å². The van der Waals surface area contributed by atoms with Crippen LogP contribution in [0.4, 0.5) is 17.1 Å². The topological polar surface area (TPSA) is 105 Å². The first-order chi connectivity index (χ1) is 13.3. The number of aryl methyl sites for hydroxylation is 2. The monoisotopic (exact) mass is 384 g/mol. The highest BCUT2D eigenvalue weighted by molar-refractivity contribution is 5.95. The zero-order valence-corrected chi connectivity index (χ0v) is 16.2. The van der Waals surface area contributed by atoms with E-state index in [-0.39, 0.29) is 30.6 Å². The van der Waals surface area contributed by atoms with Crippen molar-refractivity contribution in [2.75, 3.05) is 30.8 Å². The van der Waals surface area contributed by atoms with E-state index in [9.17, 15) is 19.7 Å². The zero-order chi connectivity index (χ0) is 20.7. The number of benzene rings is 2. The number of nitrogens with zero attached hydrogens (tertiary/aromatic N) is 2. The number of nitro groups is 1. The minimum atomic E-state index is -0.484. The molecule has 0 aliphatic heterocycles. The van der Waals surface area contributed by atoms with Crippen LogP contribution < -0.4 is 10.6 Å². The average molecular weight is 384 g/mol. The van der Waals surface area contributed by atoms with E-state index in [0.29, 0.717) is 11.3 Å². The lowest BCUT2D eigenvalue weighted by molar-refractivity contribution is -0.384. The molecule has 0 saturated heterocycles. The number of hydrogen-bond donors (Lipinski definition) is 2. The molecule has 8 heteroatoms. The number of nitrogens with one attached hydrogen (secondary N) is 2. The number of para-hydroxylation sites is 1. The maximum atomic E-state index is 12.2. The van der Waals surface area contributed by atoms with Gasteiger partial charge in [-0.1, -0.05) is 25.1 Å². The van der Waals surface area contributed by atoms with E-state index in [0.717, 1.165) is 17.7 Å². The van der Waals surface area contributed by atoms with E-state index in [1.807, 2.05) is 31.2 Å². The Hall–Kier alpha value is -3.26. The van der Waals surface area contributed by atoms with Crippen molar-refractivity contribution < 1.29 is 14.5 Å². The van der Waals surface area contributed by atoms with E-state index in [1.54, 1.807) is 18.9 Å². The molecule has 0 spiro atoms. The number of nitro benzene ring substituents is 1. The van der Waals surface area contributed by atoms with E-state index >= 15 is 0 Å². The van der Waals surface area contributed by atoms with Crippen LogP contribution in [0.1, 0.15) is 18.1 Å². The van der Waals surface area contributed by atoms with Gasteiger partial charge in [-0.15, -0.1) is 0 Å². The van der Waals surface area contributed by atoms with Crippen LogP contribution in [0.3, 0.4) is 0 Å². The Labute approximate surface area is 163 Å². The van der Waals surface area contributed by atoms with Crippen LogP contribution in [-0.2, 0) is 16.0 Å². The quantitative estimate of drug-likeness (QED) is 0.538. The van der Waals surface area contributed by atoms with Gasteiger partial charge in [0.25, 0.3) is 5.69 Å². The largest absolute Gasteiger partial charge is 0.325 e. The molecule has 148 valence electrons. The summed E-state index contributed by atoms with van der Waals surface area (Å²) in [7, 11) is 1.67. The number of amides is 2. The molecule has 28 heavy (non-hydrogen) atoms. The van der Waals surface area contributed by atoms with Crippen molar-refractivity contribution in [3.63, 3.8) is 0 Å². The summed E-state index contributed by atoms with van der Waals surface area (Å²) in [4.78, 5) is 36.3. The summed E-state index contributed by atoms with van der Waals surface area (Å²) in [5.41, 5.74) is 2.89. The van der Waals surface area contributed by atoms with Crippen molar-refractivity contribution in [1.82, 2.24) is 4.90 Å². The summed E-state index contributed by atoms with van der Waals surface area (Å²) in [5, 5.41) is 16.4. The molecule has 0 aliphatic carbocycles. The molecule has 2 rings (SSSR count). The predicted octanol–water partition coefficient (Wildman–Crippen LogP) is 2.97. The van der Waals surface area contributed by atoms with Gasteiger partial charge in [-0.3, -0.25) is 24.6 Å². The van der Waals surface area contributed by atoms with Crippen LogP contribution in [0.25, 0.3) is 0 Å². The van der Waals surface area contributed by atoms with Gasteiger partial charge >= 0.3 is 0 Å². The minimum absolute atomic E-state index is 0.0132. The molecule has 0 aliphatic rings. The second-order valence-corrected chi connectivity index (χ2v) is 6.54. The number of non-ortho nitro benzene ring substituents is 1. The number of likely N-dealkylation sites (N-methyl/N-ethyl adjacent to an activating group) is 1. The highest BCUT2D eigenvalue weighted by Crippen LogP contribution is 2.21. The van der Waals surface area contributed by atoms with E-state index in [1.165, 1.54) is 18.2 Å². The van der Waals surface area contributed by atoms with Crippen molar-refractivity contribution in [3.8, 4) is 0 Å². The average Bonchev–Trinajstić information content (AvgIpc) is 2.63. The van der Waals surface area contributed by atoms with Gasteiger partial charge in [0.1, 0.15) is 0 Å². The van der Waals surface area contributed by atoms with Gasteiger partial charge in [0.2, 0.25) is 11.8 Å². The number of carbonyl (C=O) groups excluding carboxylic acids is 2. The molecule has 0 unspecified atom stereocenters. The van der Waals surface area contributed by atoms with Gasteiger partial charge in [-0.05, 0) is 43.7 Å². The van der Waals surface area contributed by atoms with Crippen molar-refractivity contribution >= 4 is 28.9 Å². The third-order valence-electron chi connectivity index (χ3n) is 4.19. The van der Waals surface area contributed by atoms with Crippen molar-refractivity contribution in [1.29, 1.82) is 0 Å². The van der Waals surface area contributed by atoms with Crippen LogP contribution in [0.5, 0.6) is 0 Å². The van der Waals surface area contributed by atoms with Gasteiger partial charge in [0.05, 0.1) is 18.0 Å². The second-order valence-electron chi connectivity index (χ2n) is 6.54. The van der Waals surface area contributed by atoms with Crippen LogP contribution in [0.15, 0.2) is 42.5 Å². The fourth-order valence-corrected chi connectivity index (χ4v) is 2.78. The first-order valence-corrected chi connectivity index (χ1v) is 8.91. The summed E-state index contributed by atoms with van der Waals surface area (Å²) in [6.07, 6.45) is 0.809. The first-order valence-electron chi connectivity index (χ1n) is 8.91. The van der Waals surface area contributed by atoms with E-state index in [4.69, 9.17) is 0 Å². The Bertz CT molecular complexity index is 882. The van der Waals surface area contributed by atoms with Gasteiger partial charge in [-0.25, -0.2) is 0 Å². The zero-order valence-electron chi connectivity index (χ0n) is 16.2. The molecule has 0 saturated carbocycles. The summed E-state index contributed by atoms with van der Waals surface area (Å²) < 4.78 is 0. The third-order valence-corrected chi connectivity index (χ3v) is 4.19. The van der Waals surface area contributed by atoms with Crippen molar-refractivity contribution in [2.45, 2.75) is 20.3 Å². The Morgan fingerprint density at radius 2 is 1.64 bits per heavy atom. The molecule has 2 aromatic carbocycles. The summed E-state index contributed by atoms with van der Waals surface area (Å²) in [6, 6.07) is 11.8. The van der Waals surface area contributed by atoms with E-state index < -0.39 is 4.92 Å². The normalized spacial score (nSPS) is 10.6. The molecule has 2 N–H and O–H groups in total. The predicted molar refractivity (Wildman–Crippen MR) is 108 cm³/mol. The highest BCUT2D eigenvalue weighted by Gasteiger charge is 2.14. The first kappa shape index (κ1) is 21.0. The summed E-state index contributed by atoms with van der Waals surface area (Å²) in [5.74, 6) is -0.510. The molecule has 0 heterocycles. The highest BCUT2D eigenvalue weighted by atomic mass is 16.6. The van der Waals surface area contributed by atoms with Crippen LogP contribution in [0, 0.1) is 17.0 Å². The lowest BCUT2D eigenvalue weighted by Gasteiger charge is -2.17. The molecular weight excluding hydrogens is 360 g/mol. The Morgan fingerprint density at radius 3 is 2.21 bits per heavy atom. The van der Waals surface area contributed by atoms with Crippen LogP contribution >= 0.6 is 0 Å². The number of rotatable bonds is 8. The number of carbonyl (C=O) groups is 2. The summed E-state index contributed by atoms with van der Waals surface area (Å²) >= 11 is 0. The molecule has 8 nitrogen and oxygen atoms in total. The van der Waals surface area contributed by atoms with Gasteiger partial charge in [-0.2, -0.15) is 0 Å². The fourth-order valence-electron chi connectivity index (χ4n) is 2.78. The third kappa shape index (κ3) is 5.88. The summed E-state index contributed by atoms with van der Waals surface area (Å²) in [6.45, 7) is 3.77. The molecule has 2 amide bonds. The standard InChI is InChI=1S/C20H24N4O4/c1-4-15-7-5-6-8-18(15)22-20(26)13-23(3)12-19(25)21-17-10-9-16(24(27)28)11-14(17)2/h5-11H,4,12-13H2,1-3H3,(H,21,25)(H,22,26). The number of anilines is 2. The molecule has 2 aromatic rings. The number of hydrogen-bond acceptors (Lipinski definition) is 5. The maximum absolute atomic E-state index is 12.2.